The van der Waals surface area contributed by atoms with Gasteiger partial charge in [0.2, 0.25) is 0 Å². The summed E-state index contributed by atoms with van der Waals surface area (Å²) < 4.78 is 0. The Kier molecular flexibility index (Phi) is 9.08. The van der Waals surface area contributed by atoms with Crippen LogP contribution in [0.25, 0.3) is 0 Å². The highest BCUT2D eigenvalue weighted by atomic mass is 16.3. The third kappa shape index (κ3) is 6.08. The molecule has 3 heteroatoms. The van der Waals surface area contributed by atoms with Crippen LogP contribution in [0.3, 0.4) is 0 Å². The molecule has 0 aromatic heterocycles. The molecule has 0 fully saturated rings. The van der Waals surface area contributed by atoms with E-state index in [2.05, 4.69) is 0 Å². The Morgan fingerprint density at radius 3 is 1.38 bits per heavy atom. The van der Waals surface area contributed by atoms with Crippen molar-refractivity contribution < 1.29 is 15.0 Å². The lowest BCUT2D eigenvalue weighted by Gasteiger charge is -2.23. The van der Waals surface area contributed by atoms with Crippen molar-refractivity contribution in [2.75, 3.05) is 13.2 Å². The lowest BCUT2D eigenvalue weighted by Crippen LogP contribution is -2.21. The number of unbranched alkanes of at least 4 members (excludes halogenated alkanes) is 2. The van der Waals surface area contributed by atoms with Crippen LogP contribution in [-0.2, 0) is 4.79 Å². The number of carbonyl (C=O) groups excluding carboxylic acids is 1. The van der Waals surface area contributed by atoms with Gasteiger partial charge in [0.15, 0.2) is 0 Å². The van der Waals surface area contributed by atoms with Gasteiger partial charge in [-0.2, -0.15) is 0 Å². The van der Waals surface area contributed by atoms with Crippen molar-refractivity contribution in [2.24, 2.45) is 0 Å². The zero-order chi connectivity index (χ0) is 18.6. The van der Waals surface area contributed by atoms with Crippen molar-refractivity contribution in [3.63, 3.8) is 0 Å². The number of ketones is 1. The van der Waals surface area contributed by atoms with Gasteiger partial charge in [-0.05, 0) is 36.8 Å². The molecule has 0 saturated carbocycles. The Morgan fingerprint density at radius 2 is 1.04 bits per heavy atom. The molecule has 0 spiro atoms. The predicted molar refractivity (Wildman–Crippen MR) is 105 cm³/mol. The summed E-state index contributed by atoms with van der Waals surface area (Å²) in [6.45, 7) is 0.322. The van der Waals surface area contributed by atoms with Crippen molar-refractivity contribution in [3.05, 3.63) is 71.8 Å². The highest BCUT2D eigenvalue weighted by molar-refractivity contribution is 5.91. The van der Waals surface area contributed by atoms with Crippen molar-refractivity contribution in [1.29, 1.82) is 0 Å². The van der Waals surface area contributed by atoms with Gasteiger partial charge in [0.05, 0.1) is 0 Å². The lowest BCUT2D eigenvalue weighted by molar-refractivity contribution is -0.122. The molecule has 26 heavy (non-hydrogen) atoms. The molecule has 0 heterocycles. The summed E-state index contributed by atoms with van der Waals surface area (Å²) in [4.78, 5) is 13.5. The summed E-state index contributed by atoms with van der Waals surface area (Å²) in [6, 6.07) is 19.9. The number of hydrogen-bond acceptors (Lipinski definition) is 3. The molecule has 140 valence electrons. The van der Waals surface area contributed by atoms with Crippen LogP contribution < -0.4 is 0 Å². The van der Waals surface area contributed by atoms with E-state index in [-0.39, 0.29) is 30.8 Å². The van der Waals surface area contributed by atoms with Crippen LogP contribution in [0.4, 0.5) is 0 Å². The van der Waals surface area contributed by atoms with E-state index in [0.717, 1.165) is 49.7 Å². The van der Waals surface area contributed by atoms with E-state index in [1.54, 1.807) is 0 Å². The molecule has 0 aliphatic rings. The summed E-state index contributed by atoms with van der Waals surface area (Å²) in [7, 11) is 0. The van der Waals surface area contributed by atoms with Gasteiger partial charge in [-0.15, -0.1) is 0 Å². The summed E-state index contributed by atoms with van der Waals surface area (Å²) >= 11 is 0. The van der Waals surface area contributed by atoms with E-state index >= 15 is 0 Å². The van der Waals surface area contributed by atoms with Gasteiger partial charge in [-0.25, -0.2) is 0 Å². The molecule has 0 aliphatic heterocycles. The summed E-state index contributed by atoms with van der Waals surface area (Å²) in [5.41, 5.74) is 2.11. The smallest absolute Gasteiger partial charge is 0.147 e. The first-order valence-corrected chi connectivity index (χ1v) is 9.63. The van der Waals surface area contributed by atoms with E-state index < -0.39 is 0 Å². The van der Waals surface area contributed by atoms with Crippen LogP contribution in [0.5, 0.6) is 0 Å². The van der Waals surface area contributed by atoms with Crippen LogP contribution in [0, 0.1) is 0 Å². The zero-order valence-electron chi connectivity index (χ0n) is 15.4. The maximum atomic E-state index is 13.5. The van der Waals surface area contributed by atoms with Gasteiger partial charge in [0, 0.05) is 25.0 Å². The second-order valence-electron chi connectivity index (χ2n) is 6.77. The van der Waals surface area contributed by atoms with Crippen molar-refractivity contribution >= 4 is 5.78 Å². The molecule has 0 bridgehead atoms. The van der Waals surface area contributed by atoms with Gasteiger partial charge in [0.1, 0.15) is 5.78 Å². The van der Waals surface area contributed by atoms with Crippen molar-refractivity contribution in [1.82, 2.24) is 0 Å². The molecule has 0 amide bonds. The minimum absolute atomic E-state index is 0.151. The number of aliphatic hydroxyl groups is 2. The molecule has 2 N–H and O–H groups in total. The average Bonchev–Trinajstić information content (AvgIpc) is 2.70. The zero-order valence-corrected chi connectivity index (χ0v) is 15.4. The summed E-state index contributed by atoms with van der Waals surface area (Å²) in [6.07, 6.45) is 4.62. The molecular formula is C23H30O3. The van der Waals surface area contributed by atoms with Gasteiger partial charge >= 0.3 is 0 Å². The Bertz CT molecular complexity index is 569. The molecule has 2 atom stereocenters. The topological polar surface area (TPSA) is 57.5 Å². The van der Waals surface area contributed by atoms with E-state index in [1.807, 2.05) is 60.7 Å². The minimum atomic E-state index is -0.151. The van der Waals surface area contributed by atoms with Crippen LogP contribution in [0.15, 0.2) is 60.7 Å². The average molecular weight is 354 g/mol. The molecule has 0 aliphatic carbocycles. The molecule has 2 rings (SSSR count). The first-order chi connectivity index (χ1) is 12.8. The fraction of sp³-hybridized carbons (Fsp3) is 0.435. The maximum Gasteiger partial charge on any atom is 0.147 e. The number of aliphatic hydroxyl groups excluding tert-OH is 2. The first-order valence-electron chi connectivity index (χ1n) is 9.63. The third-order valence-corrected chi connectivity index (χ3v) is 4.89. The number of carbonyl (C=O) groups is 1. The highest BCUT2D eigenvalue weighted by Crippen LogP contribution is 2.33. The van der Waals surface area contributed by atoms with Crippen molar-refractivity contribution in [3.8, 4) is 0 Å². The molecule has 3 nitrogen and oxygen atoms in total. The second-order valence-corrected chi connectivity index (χ2v) is 6.77. The van der Waals surface area contributed by atoms with E-state index in [0.29, 0.717) is 0 Å². The fourth-order valence-electron chi connectivity index (χ4n) is 3.48. The molecule has 0 radical (unpaired) electrons. The SMILES string of the molecule is O=C(C(CCCCO)c1ccccc1)C(CCCCO)c1ccccc1. The van der Waals surface area contributed by atoms with Crippen LogP contribution >= 0.6 is 0 Å². The molecule has 0 saturated heterocycles. The van der Waals surface area contributed by atoms with Crippen molar-refractivity contribution in [2.45, 2.75) is 50.4 Å². The molecular weight excluding hydrogens is 324 g/mol. The highest BCUT2D eigenvalue weighted by Gasteiger charge is 2.28. The number of rotatable bonds is 12. The van der Waals surface area contributed by atoms with Gasteiger partial charge in [-0.3, -0.25) is 4.79 Å². The number of Topliss-reactive ketones (excluding diaryl/α,β-unsaturated/α-hetero) is 1. The number of hydrogen-bond donors (Lipinski definition) is 2. The van der Waals surface area contributed by atoms with Crippen LogP contribution in [0.2, 0.25) is 0 Å². The molecule has 2 aromatic carbocycles. The van der Waals surface area contributed by atoms with Gasteiger partial charge in [0.25, 0.3) is 0 Å². The van der Waals surface area contributed by atoms with E-state index in [9.17, 15) is 4.79 Å². The van der Waals surface area contributed by atoms with E-state index in [4.69, 9.17) is 10.2 Å². The normalized spacial score (nSPS) is 13.3. The largest absolute Gasteiger partial charge is 0.396 e. The molecule has 2 unspecified atom stereocenters. The monoisotopic (exact) mass is 354 g/mol. The number of benzene rings is 2. The third-order valence-electron chi connectivity index (χ3n) is 4.89. The first kappa shape index (κ1) is 20.3. The standard InChI is InChI=1S/C23H30O3/c24-17-9-7-15-21(19-11-3-1-4-12-19)23(26)22(16-8-10-18-25)20-13-5-2-6-14-20/h1-6,11-14,21-22,24-25H,7-10,15-18H2. The minimum Gasteiger partial charge on any atom is -0.396 e. The quantitative estimate of drug-likeness (QED) is 0.554. The summed E-state index contributed by atoms with van der Waals surface area (Å²) in [5, 5.41) is 18.2. The predicted octanol–water partition coefficient (Wildman–Crippen LogP) is 4.45. The fourth-order valence-corrected chi connectivity index (χ4v) is 3.48. The van der Waals surface area contributed by atoms with Crippen LogP contribution in [0.1, 0.15) is 61.5 Å². The Hall–Kier alpha value is -1.97. The van der Waals surface area contributed by atoms with Gasteiger partial charge < -0.3 is 10.2 Å². The second kappa shape index (κ2) is 11.6. The molecule has 2 aromatic rings. The summed E-state index contributed by atoms with van der Waals surface area (Å²) in [5.74, 6) is -0.0533. The van der Waals surface area contributed by atoms with E-state index in [1.165, 1.54) is 0 Å². The van der Waals surface area contributed by atoms with Crippen LogP contribution in [-0.4, -0.2) is 29.2 Å². The Labute approximate surface area is 156 Å². The Balaban J connectivity index is 2.24. The maximum absolute atomic E-state index is 13.5. The lowest BCUT2D eigenvalue weighted by atomic mass is 9.79. The Morgan fingerprint density at radius 1 is 0.654 bits per heavy atom. The van der Waals surface area contributed by atoms with Gasteiger partial charge in [-0.1, -0.05) is 73.5 Å².